The van der Waals surface area contributed by atoms with Gasteiger partial charge in [-0.2, -0.15) is 0 Å². The summed E-state index contributed by atoms with van der Waals surface area (Å²) in [5.74, 6) is -0.559. The highest BCUT2D eigenvalue weighted by Gasteiger charge is 2.41. The highest BCUT2D eigenvalue weighted by Crippen LogP contribution is 2.34. The van der Waals surface area contributed by atoms with Gasteiger partial charge in [0.1, 0.15) is 0 Å². The Bertz CT molecular complexity index is 257. The zero-order chi connectivity index (χ0) is 18.8. The van der Waals surface area contributed by atoms with Crippen molar-refractivity contribution in [2.75, 3.05) is 33.4 Å². The van der Waals surface area contributed by atoms with Crippen LogP contribution >= 0.6 is 0 Å². The summed E-state index contributed by atoms with van der Waals surface area (Å²) < 4.78 is 18.2. The minimum atomic E-state index is -0.860. The molecule has 1 unspecified atom stereocenters. The molecule has 0 aromatic carbocycles. The Morgan fingerprint density at radius 1 is 0.680 bits per heavy atom. The fraction of sp³-hybridized carbons (Fsp3) is 1.00. The van der Waals surface area contributed by atoms with Gasteiger partial charge < -0.3 is 19.5 Å². The number of nitrogens with one attached hydrogen (secondary N) is 1. The molecule has 0 bridgehead atoms. The van der Waals surface area contributed by atoms with E-state index in [1.807, 2.05) is 27.8 Å². The maximum absolute atomic E-state index is 6.07. The van der Waals surface area contributed by atoms with Crippen molar-refractivity contribution in [3.8, 4) is 0 Å². The lowest BCUT2D eigenvalue weighted by Crippen LogP contribution is -2.46. The van der Waals surface area contributed by atoms with E-state index < -0.39 is 5.97 Å². The van der Waals surface area contributed by atoms with E-state index in [1.165, 1.54) is 51.4 Å². The summed E-state index contributed by atoms with van der Waals surface area (Å²) >= 11 is 0. The van der Waals surface area contributed by atoms with Crippen molar-refractivity contribution in [3.63, 3.8) is 0 Å². The number of ether oxygens (including phenoxy) is 3. The van der Waals surface area contributed by atoms with E-state index in [9.17, 15) is 0 Å². The third kappa shape index (κ3) is 11.2. The molecule has 152 valence electrons. The topological polar surface area (TPSA) is 39.7 Å². The zero-order valence-corrected chi connectivity index (χ0v) is 17.7. The van der Waals surface area contributed by atoms with E-state index in [2.05, 4.69) is 12.2 Å². The molecule has 4 nitrogen and oxygen atoms in total. The normalized spacial score (nSPS) is 13.3. The lowest BCUT2D eigenvalue weighted by molar-refractivity contribution is -0.403. The molecule has 0 saturated carbocycles. The fourth-order valence-corrected chi connectivity index (χ4v) is 3.44. The molecule has 1 N–H and O–H groups in total. The third-order valence-electron chi connectivity index (χ3n) is 4.67. The quantitative estimate of drug-likeness (QED) is 0.244. The Morgan fingerprint density at radius 3 is 1.64 bits per heavy atom. The first kappa shape index (κ1) is 24.8. The Labute approximate surface area is 157 Å². The summed E-state index contributed by atoms with van der Waals surface area (Å²) in [6.45, 7) is 11.2. The second-order valence-corrected chi connectivity index (χ2v) is 6.76. The molecule has 0 fully saturated rings. The Kier molecular flexibility index (Phi) is 17.2. The van der Waals surface area contributed by atoms with Gasteiger partial charge >= 0.3 is 0 Å². The maximum atomic E-state index is 6.07. The van der Waals surface area contributed by atoms with Gasteiger partial charge in [0.2, 0.25) is 0 Å². The van der Waals surface area contributed by atoms with E-state index in [0.29, 0.717) is 25.7 Å². The van der Waals surface area contributed by atoms with Gasteiger partial charge in [-0.25, -0.2) is 0 Å². The van der Waals surface area contributed by atoms with E-state index in [0.717, 1.165) is 19.4 Å². The molecule has 4 heteroatoms. The first-order valence-electron chi connectivity index (χ1n) is 10.8. The second kappa shape index (κ2) is 17.3. The average molecular weight is 360 g/mol. The van der Waals surface area contributed by atoms with E-state index in [4.69, 9.17) is 14.2 Å². The first-order valence-corrected chi connectivity index (χ1v) is 10.8. The highest BCUT2D eigenvalue weighted by atomic mass is 16.9. The highest BCUT2D eigenvalue weighted by molar-refractivity contribution is 4.73. The molecule has 0 saturated heterocycles. The third-order valence-corrected chi connectivity index (χ3v) is 4.67. The van der Waals surface area contributed by atoms with Crippen molar-refractivity contribution in [3.05, 3.63) is 0 Å². The molecule has 0 aromatic heterocycles. The number of hydrogen-bond acceptors (Lipinski definition) is 4. The molecule has 0 heterocycles. The van der Waals surface area contributed by atoms with Crippen LogP contribution in [0.5, 0.6) is 0 Å². The molecular formula is C21H45NO3. The molecule has 1 atom stereocenters. The van der Waals surface area contributed by atoms with Crippen molar-refractivity contribution in [2.45, 2.75) is 97.9 Å². The van der Waals surface area contributed by atoms with Crippen LogP contribution in [-0.4, -0.2) is 39.4 Å². The molecule has 0 rings (SSSR count). The molecule has 0 radical (unpaired) electrons. The van der Waals surface area contributed by atoms with Gasteiger partial charge in [-0.15, -0.1) is 0 Å². The van der Waals surface area contributed by atoms with Crippen LogP contribution in [-0.2, 0) is 14.2 Å². The molecule has 0 aliphatic rings. The number of rotatable bonds is 19. The molecule has 0 aromatic rings. The maximum Gasteiger partial charge on any atom is 0.285 e. The van der Waals surface area contributed by atoms with Gasteiger partial charge in [0, 0.05) is 25.7 Å². The van der Waals surface area contributed by atoms with Crippen LogP contribution in [0.4, 0.5) is 0 Å². The largest absolute Gasteiger partial charge is 0.328 e. The van der Waals surface area contributed by atoms with E-state index >= 15 is 0 Å². The predicted molar refractivity (Wildman–Crippen MR) is 107 cm³/mol. The average Bonchev–Trinajstić information content (AvgIpc) is 2.60. The summed E-state index contributed by atoms with van der Waals surface area (Å²) in [5, 5.41) is 3.23. The van der Waals surface area contributed by atoms with Crippen LogP contribution in [0.3, 0.4) is 0 Å². The molecular weight excluding hydrogens is 314 g/mol. The van der Waals surface area contributed by atoms with Gasteiger partial charge in [-0.3, -0.25) is 0 Å². The number of hydrogen-bond donors (Lipinski definition) is 1. The zero-order valence-electron chi connectivity index (χ0n) is 17.7. The van der Waals surface area contributed by atoms with Crippen LogP contribution in [0.15, 0.2) is 0 Å². The van der Waals surface area contributed by atoms with Crippen molar-refractivity contribution in [1.29, 1.82) is 0 Å². The fourth-order valence-electron chi connectivity index (χ4n) is 3.44. The van der Waals surface area contributed by atoms with Crippen LogP contribution < -0.4 is 5.32 Å². The summed E-state index contributed by atoms with van der Waals surface area (Å²) in [4.78, 5) is 0. The Morgan fingerprint density at radius 2 is 1.16 bits per heavy atom. The minimum Gasteiger partial charge on any atom is -0.328 e. The lowest BCUT2D eigenvalue weighted by Gasteiger charge is -2.39. The smallest absolute Gasteiger partial charge is 0.285 e. The van der Waals surface area contributed by atoms with E-state index in [1.54, 1.807) is 0 Å². The van der Waals surface area contributed by atoms with Gasteiger partial charge in [0.15, 0.2) is 0 Å². The summed E-state index contributed by atoms with van der Waals surface area (Å²) in [6.07, 6.45) is 12.5. The van der Waals surface area contributed by atoms with Crippen LogP contribution in [0, 0.1) is 5.92 Å². The summed E-state index contributed by atoms with van der Waals surface area (Å²) in [6, 6.07) is 0. The Balaban J connectivity index is 4.75. The van der Waals surface area contributed by atoms with Crippen molar-refractivity contribution in [1.82, 2.24) is 5.32 Å². The van der Waals surface area contributed by atoms with Gasteiger partial charge in [0.25, 0.3) is 5.97 Å². The van der Waals surface area contributed by atoms with Crippen molar-refractivity contribution < 1.29 is 14.2 Å². The molecule has 25 heavy (non-hydrogen) atoms. The summed E-state index contributed by atoms with van der Waals surface area (Å²) in [7, 11) is 2.01. The van der Waals surface area contributed by atoms with Crippen LogP contribution in [0.25, 0.3) is 0 Å². The second-order valence-electron chi connectivity index (χ2n) is 6.76. The van der Waals surface area contributed by atoms with Crippen LogP contribution in [0.2, 0.25) is 0 Å². The first-order chi connectivity index (χ1) is 12.2. The Hall–Kier alpha value is -0.160. The lowest BCUT2D eigenvalue weighted by atomic mass is 9.92. The SMILES string of the molecule is CCCCCCCCC(CCCCNC)C(OCC)(OCC)OCC. The van der Waals surface area contributed by atoms with Gasteiger partial charge in [0.05, 0.1) is 0 Å². The van der Waals surface area contributed by atoms with Crippen LogP contribution in [0.1, 0.15) is 91.9 Å². The molecule has 0 aliphatic heterocycles. The standard InChI is InChI=1S/C21H45NO3/c1-6-10-11-12-13-14-17-20(18-15-16-19-22-5)21(23-7-2,24-8-3)25-9-4/h20,22H,6-19H2,1-5H3. The van der Waals surface area contributed by atoms with Crippen molar-refractivity contribution in [2.24, 2.45) is 5.92 Å². The van der Waals surface area contributed by atoms with Gasteiger partial charge in [-0.1, -0.05) is 51.9 Å². The van der Waals surface area contributed by atoms with Crippen molar-refractivity contribution >= 4 is 0 Å². The molecule has 0 spiro atoms. The van der Waals surface area contributed by atoms with Gasteiger partial charge in [-0.05, 0) is 53.6 Å². The summed E-state index contributed by atoms with van der Waals surface area (Å²) in [5.41, 5.74) is 0. The predicted octanol–water partition coefficient (Wildman–Crippen LogP) is 5.51. The molecule has 0 aliphatic carbocycles. The minimum absolute atomic E-state index is 0.301. The van der Waals surface area contributed by atoms with E-state index in [-0.39, 0.29) is 0 Å². The number of unbranched alkanes of at least 4 members (excludes halogenated alkanes) is 6. The monoisotopic (exact) mass is 359 g/mol. The molecule has 0 amide bonds.